The van der Waals surface area contributed by atoms with E-state index in [1.807, 2.05) is 0 Å². The van der Waals surface area contributed by atoms with Crippen LogP contribution in [-0.2, 0) is 11.2 Å². The second kappa shape index (κ2) is 6.06. The lowest BCUT2D eigenvalue weighted by Gasteiger charge is -2.29. The quantitative estimate of drug-likeness (QED) is 0.893. The van der Waals surface area contributed by atoms with E-state index in [1.165, 1.54) is 11.1 Å². The summed E-state index contributed by atoms with van der Waals surface area (Å²) in [7, 11) is 0. The summed E-state index contributed by atoms with van der Waals surface area (Å²) in [6.07, 6.45) is 4.62. The topological polar surface area (TPSA) is 35.2 Å². The van der Waals surface area contributed by atoms with Crippen molar-refractivity contribution in [1.29, 1.82) is 0 Å². The van der Waals surface area contributed by atoms with Gasteiger partial charge in [0.1, 0.15) is 0 Å². The average molecular weight is 261 g/mol. The second-order valence-corrected chi connectivity index (χ2v) is 6.71. The number of hydrogen-bond acceptors (Lipinski definition) is 2. The third kappa shape index (κ3) is 3.80. The van der Waals surface area contributed by atoms with Gasteiger partial charge in [-0.3, -0.25) is 0 Å². The van der Waals surface area contributed by atoms with Gasteiger partial charge in [-0.15, -0.1) is 0 Å². The summed E-state index contributed by atoms with van der Waals surface area (Å²) in [5.74, 6) is 0. The van der Waals surface area contributed by atoms with E-state index in [0.29, 0.717) is 0 Å². The van der Waals surface area contributed by atoms with Gasteiger partial charge in [-0.05, 0) is 42.2 Å². The Bertz CT molecular complexity index is 408. The maximum Gasteiger partial charge on any atom is 0.0827 e. The predicted molar refractivity (Wildman–Crippen MR) is 80.1 cm³/mol. The molecule has 2 nitrogen and oxygen atoms in total. The maximum absolute atomic E-state index is 6.22. The Kier molecular flexibility index (Phi) is 4.64. The summed E-state index contributed by atoms with van der Waals surface area (Å²) in [6.45, 7) is 7.49. The Morgan fingerprint density at radius 3 is 2.79 bits per heavy atom. The fourth-order valence-corrected chi connectivity index (χ4v) is 2.67. The predicted octanol–water partition coefficient (Wildman–Crippen LogP) is 3.84. The first-order chi connectivity index (χ1) is 8.98. The van der Waals surface area contributed by atoms with Crippen LogP contribution in [0.4, 0.5) is 0 Å². The molecular formula is C17H27NO. The molecule has 0 saturated heterocycles. The van der Waals surface area contributed by atoms with Crippen molar-refractivity contribution < 1.29 is 4.74 Å². The van der Waals surface area contributed by atoms with E-state index in [-0.39, 0.29) is 17.6 Å². The minimum absolute atomic E-state index is 0.200. The zero-order chi connectivity index (χ0) is 13.9. The molecule has 0 saturated carbocycles. The van der Waals surface area contributed by atoms with Crippen LogP contribution in [0.3, 0.4) is 0 Å². The summed E-state index contributed by atoms with van der Waals surface area (Å²) in [5, 5.41) is 0. The highest BCUT2D eigenvalue weighted by atomic mass is 16.5. The number of fused-ring (bicyclic) bond motifs is 1. The van der Waals surface area contributed by atoms with E-state index < -0.39 is 0 Å². The molecule has 106 valence electrons. The van der Waals surface area contributed by atoms with Crippen LogP contribution >= 0.6 is 0 Å². The van der Waals surface area contributed by atoms with E-state index in [0.717, 1.165) is 32.3 Å². The third-order valence-electron chi connectivity index (χ3n) is 4.19. The third-order valence-corrected chi connectivity index (χ3v) is 4.19. The SMILES string of the molecule is CC(C)(C)C(N)CCCC1OCCc2ccccc21. The smallest absolute Gasteiger partial charge is 0.0827 e. The van der Waals surface area contributed by atoms with Crippen molar-refractivity contribution in [2.45, 2.75) is 58.6 Å². The molecule has 0 aromatic heterocycles. The molecule has 1 aliphatic rings. The molecule has 0 bridgehead atoms. The highest BCUT2D eigenvalue weighted by molar-refractivity contribution is 5.30. The van der Waals surface area contributed by atoms with Crippen LogP contribution in [0.15, 0.2) is 24.3 Å². The molecule has 1 heterocycles. The van der Waals surface area contributed by atoms with Gasteiger partial charge in [-0.25, -0.2) is 0 Å². The van der Waals surface area contributed by atoms with E-state index in [2.05, 4.69) is 45.0 Å². The van der Waals surface area contributed by atoms with E-state index >= 15 is 0 Å². The minimum Gasteiger partial charge on any atom is -0.373 e. The van der Waals surface area contributed by atoms with Gasteiger partial charge in [0, 0.05) is 6.04 Å². The molecular weight excluding hydrogens is 234 g/mol. The van der Waals surface area contributed by atoms with E-state index in [1.54, 1.807) is 0 Å². The Morgan fingerprint density at radius 1 is 1.32 bits per heavy atom. The molecule has 0 radical (unpaired) electrons. The van der Waals surface area contributed by atoms with Gasteiger partial charge < -0.3 is 10.5 Å². The number of rotatable bonds is 4. The molecule has 1 aliphatic heterocycles. The zero-order valence-corrected chi connectivity index (χ0v) is 12.5. The normalized spacial score (nSPS) is 20.9. The van der Waals surface area contributed by atoms with Crippen molar-refractivity contribution in [2.24, 2.45) is 11.1 Å². The summed E-state index contributed by atoms with van der Waals surface area (Å²) >= 11 is 0. The van der Waals surface area contributed by atoms with Crippen LogP contribution in [0.2, 0.25) is 0 Å². The van der Waals surface area contributed by atoms with Crippen LogP contribution in [-0.4, -0.2) is 12.6 Å². The van der Waals surface area contributed by atoms with Crippen molar-refractivity contribution >= 4 is 0 Å². The number of hydrogen-bond donors (Lipinski definition) is 1. The summed E-state index contributed by atoms with van der Waals surface area (Å²) < 4.78 is 5.93. The molecule has 2 rings (SSSR count). The molecule has 1 aromatic carbocycles. The van der Waals surface area contributed by atoms with Crippen LogP contribution in [0.5, 0.6) is 0 Å². The minimum atomic E-state index is 0.200. The fraction of sp³-hybridized carbons (Fsp3) is 0.647. The maximum atomic E-state index is 6.22. The van der Waals surface area contributed by atoms with Crippen molar-refractivity contribution in [3.63, 3.8) is 0 Å². The highest BCUT2D eigenvalue weighted by Gasteiger charge is 2.23. The number of nitrogens with two attached hydrogens (primary N) is 1. The van der Waals surface area contributed by atoms with Gasteiger partial charge in [-0.2, -0.15) is 0 Å². The van der Waals surface area contributed by atoms with Crippen LogP contribution in [0.25, 0.3) is 0 Å². The van der Waals surface area contributed by atoms with Gasteiger partial charge in [0.2, 0.25) is 0 Å². The monoisotopic (exact) mass is 261 g/mol. The molecule has 2 atom stereocenters. The molecule has 2 heteroatoms. The van der Waals surface area contributed by atoms with Crippen molar-refractivity contribution in [2.75, 3.05) is 6.61 Å². The summed E-state index contributed by atoms with van der Waals surface area (Å²) in [6, 6.07) is 8.94. The first-order valence-corrected chi connectivity index (χ1v) is 7.43. The average Bonchev–Trinajstić information content (AvgIpc) is 2.38. The summed E-state index contributed by atoms with van der Waals surface area (Å²) in [4.78, 5) is 0. The number of benzene rings is 1. The molecule has 2 unspecified atom stereocenters. The number of ether oxygens (including phenoxy) is 1. The Labute approximate surface area is 117 Å². The van der Waals surface area contributed by atoms with Crippen molar-refractivity contribution in [1.82, 2.24) is 0 Å². The lowest BCUT2D eigenvalue weighted by molar-refractivity contribution is 0.0340. The Hall–Kier alpha value is -0.860. The molecule has 19 heavy (non-hydrogen) atoms. The van der Waals surface area contributed by atoms with Gasteiger partial charge in [0.05, 0.1) is 12.7 Å². The van der Waals surface area contributed by atoms with E-state index in [4.69, 9.17) is 10.5 Å². The van der Waals surface area contributed by atoms with Crippen molar-refractivity contribution in [3.05, 3.63) is 35.4 Å². The van der Waals surface area contributed by atoms with Crippen LogP contribution in [0.1, 0.15) is 57.3 Å². The standard InChI is InChI=1S/C17H27NO/c1-17(2,3)16(18)10-6-9-15-14-8-5-4-7-13(14)11-12-19-15/h4-5,7-8,15-16H,6,9-12,18H2,1-3H3. The van der Waals surface area contributed by atoms with Gasteiger partial charge in [0.15, 0.2) is 0 Å². The zero-order valence-electron chi connectivity index (χ0n) is 12.5. The molecule has 0 aliphatic carbocycles. The van der Waals surface area contributed by atoms with Crippen LogP contribution in [0, 0.1) is 5.41 Å². The summed E-state index contributed by atoms with van der Waals surface area (Å²) in [5.41, 5.74) is 9.26. The lowest BCUT2D eigenvalue weighted by atomic mass is 9.84. The van der Waals surface area contributed by atoms with Gasteiger partial charge in [-0.1, -0.05) is 45.0 Å². The first-order valence-electron chi connectivity index (χ1n) is 7.43. The van der Waals surface area contributed by atoms with Gasteiger partial charge in [0.25, 0.3) is 0 Å². The highest BCUT2D eigenvalue weighted by Crippen LogP contribution is 2.31. The Morgan fingerprint density at radius 2 is 2.05 bits per heavy atom. The first kappa shape index (κ1) is 14.5. The van der Waals surface area contributed by atoms with Crippen LogP contribution < -0.4 is 5.73 Å². The fourth-order valence-electron chi connectivity index (χ4n) is 2.67. The molecule has 0 amide bonds. The van der Waals surface area contributed by atoms with E-state index in [9.17, 15) is 0 Å². The molecule has 1 aromatic rings. The lowest BCUT2D eigenvalue weighted by Crippen LogP contribution is -2.34. The van der Waals surface area contributed by atoms with Crippen molar-refractivity contribution in [3.8, 4) is 0 Å². The Balaban J connectivity index is 1.88. The second-order valence-electron chi connectivity index (χ2n) is 6.71. The molecule has 0 fully saturated rings. The molecule has 0 spiro atoms. The molecule has 2 N–H and O–H groups in total. The van der Waals surface area contributed by atoms with Gasteiger partial charge >= 0.3 is 0 Å². The largest absolute Gasteiger partial charge is 0.373 e.